The average Bonchev–Trinajstić information content (AvgIpc) is 2.79. The fourth-order valence-corrected chi connectivity index (χ4v) is 2.79. The molecule has 1 heterocycles. The van der Waals surface area contributed by atoms with Crippen LogP contribution in [0, 0.1) is 5.92 Å². The number of hydrogen-bond donors (Lipinski definition) is 1. The zero-order valence-corrected chi connectivity index (χ0v) is 11.5. The third-order valence-electron chi connectivity index (χ3n) is 4.00. The monoisotopic (exact) mass is 263 g/mol. The summed E-state index contributed by atoms with van der Waals surface area (Å²) in [6, 6.07) is 5.64. The Morgan fingerprint density at radius 1 is 1.53 bits per heavy atom. The molecule has 1 aromatic rings. The first-order valence-corrected chi connectivity index (χ1v) is 6.66. The van der Waals surface area contributed by atoms with Crippen molar-refractivity contribution >= 4 is 6.29 Å². The molecule has 0 amide bonds. The van der Waals surface area contributed by atoms with Gasteiger partial charge in [-0.1, -0.05) is 6.92 Å². The summed E-state index contributed by atoms with van der Waals surface area (Å²) in [5, 5.41) is 9.48. The van der Waals surface area contributed by atoms with Gasteiger partial charge in [0.05, 0.1) is 13.7 Å². The van der Waals surface area contributed by atoms with Gasteiger partial charge in [0.25, 0.3) is 0 Å². The predicted octanol–water partition coefficient (Wildman–Crippen LogP) is 1.71. The summed E-state index contributed by atoms with van der Waals surface area (Å²) in [6.45, 7) is 4.03. The summed E-state index contributed by atoms with van der Waals surface area (Å²) in [4.78, 5) is 13.1. The van der Waals surface area contributed by atoms with E-state index in [1.807, 2.05) is 12.1 Å². The van der Waals surface area contributed by atoms with E-state index in [1.54, 1.807) is 13.2 Å². The first-order valence-electron chi connectivity index (χ1n) is 6.66. The minimum atomic E-state index is 0.177. The highest BCUT2D eigenvalue weighted by Gasteiger charge is 2.30. The Morgan fingerprint density at radius 3 is 2.95 bits per heavy atom. The lowest BCUT2D eigenvalue weighted by atomic mass is 10.0. The van der Waals surface area contributed by atoms with Gasteiger partial charge in [0, 0.05) is 23.7 Å². The van der Waals surface area contributed by atoms with Crippen LogP contribution in [-0.2, 0) is 6.54 Å². The molecule has 1 N–H and O–H groups in total. The van der Waals surface area contributed by atoms with Crippen LogP contribution in [0.1, 0.15) is 29.3 Å². The van der Waals surface area contributed by atoms with Crippen LogP contribution >= 0.6 is 0 Å². The maximum Gasteiger partial charge on any atom is 0.150 e. The number of carbonyl (C=O) groups is 1. The van der Waals surface area contributed by atoms with Gasteiger partial charge in [0.2, 0.25) is 0 Å². The van der Waals surface area contributed by atoms with Crippen LogP contribution in [0.3, 0.4) is 0 Å². The molecule has 0 saturated carbocycles. The molecule has 2 unspecified atom stereocenters. The lowest BCUT2D eigenvalue weighted by molar-refractivity contribution is 0.112. The molecule has 19 heavy (non-hydrogen) atoms. The van der Waals surface area contributed by atoms with E-state index >= 15 is 0 Å². The topological polar surface area (TPSA) is 49.8 Å². The Morgan fingerprint density at radius 2 is 2.32 bits per heavy atom. The molecule has 4 nitrogen and oxygen atoms in total. The molecule has 0 radical (unpaired) electrons. The van der Waals surface area contributed by atoms with Crippen LogP contribution in [0.25, 0.3) is 0 Å². The van der Waals surface area contributed by atoms with Gasteiger partial charge in [-0.2, -0.15) is 0 Å². The highest BCUT2D eigenvalue weighted by Crippen LogP contribution is 2.28. The summed E-state index contributed by atoms with van der Waals surface area (Å²) in [6.07, 6.45) is 1.94. The fraction of sp³-hybridized carbons (Fsp3) is 0.533. The molecule has 1 saturated heterocycles. The van der Waals surface area contributed by atoms with Crippen LogP contribution in [0.15, 0.2) is 18.2 Å². The Hall–Kier alpha value is -1.39. The van der Waals surface area contributed by atoms with Gasteiger partial charge >= 0.3 is 0 Å². The summed E-state index contributed by atoms with van der Waals surface area (Å²) < 4.78 is 5.35. The van der Waals surface area contributed by atoms with Crippen molar-refractivity contribution in [3.05, 3.63) is 29.3 Å². The Bertz CT molecular complexity index is 447. The highest BCUT2D eigenvalue weighted by molar-refractivity contribution is 5.75. The largest absolute Gasteiger partial charge is 0.496 e. The molecule has 104 valence electrons. The number of likely N-dealkylation sites (tertiary alicyclic amines) is 1. The van der Waals surface area contributed by atoms with Gasteiger partial charge in [-0.05, 0) is 37.1 Å². The molecule has 2 rings (SSSR count). The Kier molecular flexibility index (Phi) is 4.56. The Labute approximate surface area is 114 Å². The van der Waals surface area contributed by atoms with Gasteiger partial charge < -0.3 is 9.84 Å². The molecule has 1 aromatic carbocycles. The SMILES string of the molecule is COc1ccc(C=O)cc1CN1CCC(C)C1CO. The summed E-state index contributed by atoms with van der Waals surface area (Å²) in [5.74, 6) is 1.30. The zero-order chi connectivity index (χ0) is 13.8. The first-order chi connectivity index (χ1) is 9.19. The van der Waals surface area contributed by atoms with E-state index in [1.165, 1.54) is 0 Å². The van der Waals surface area contributed by atoms with Crippen molar-refractivity contribution in [1.82, 2.24) is 4.90 Å². The molecule has 2 atom stereocenters. The third kappa shape index (κ3) is 2.96. The molecule has 1 fully saturated rings. The Balaban J connectivity index is 2.20. The number of hydrogen-bond acceptors (Lipinski definition) is 4. The molecular weight excluding hydrogens is 242 g/mol. The molecular formula is C15H21NO3. The van der Waals surface area contributed by atoms with E-state index in [-0.39, 0.29) is 12.6 Å². The van der Waals surface area contributed by atoms with E-state index in [0.717, 1.165) is 30.6 Å². The number of ether oxygens (including phenoxy) is 1. The third-order valence-corrected chi connectivity index (χ3v) is 4.00. The molecule has 4 heteroatoms. The van der Waals surface area contributed by atoms with Gasteiger partial charge in [-0.3, -0.25) is 9.69 Å². The van der Waals surface area contributed by atoms with Crippen molar-refractivity contribution in [2.45, 2.75) is 25.9 Å². The van der Waals surface area contributed by atoms with Crippen molar-refractivity contribution in [3.63, 3.8) is 0 Å². The van der Waals surface area contributed by atoms with Crippen molar-refractivity contribution in [2.75, 3.05) is 20.3 Å². The zero-order valence-electron chi connectivity index (χ0n) is 11.5. The van der Waals surface area contributed by atoms with Crippen LogP contribution in [0.5, 0.6) is 5.75 Å². The van der Waals surface area contributed by atoms with E-state index in [2.05, 4.69) is 11.8 Å². The van der Waals surface area contributed by atoms with Crippen LogP contribution in [-0.4, -0.2) is 42.6 Å². The first kappa shape index (κ1) is 14.0. The van der Waals surface area contributed by atoms with Crippen LogP contribution < -0.4 is 4.74 Å². The molecule has 1 aliphatic rings. The molecule has 0 aliphatic carbocycles. The van der Waals surface area contributed by atoms with Crippen molar-refractivity contribution in [2.24, 2.45) is 5.92 Å². The van der Waals surface area contributed by atoms with E-state index in [9.17, 15) is 9.90 Å². The average molecular weight is 263 g/mol. The molecule has 1 aliphatic heterocycles. The number of rotatable bonds is 5. The summed E-state index contributed by atoms with van der Waals surface area (Å²) in [5.41, 5.74) is 1.66. The molecule has 0 bridgehead atoms. The minimum Gasteiger partial charge on any atom is -0.496 e. The number of aliphatic hydroxyl groups excluding tert-OH is 1. The standard InChI is InChI=1S/C15H21NO3/c1-11-5-6-16(14(11)10-18)8-13-7-12(9-17)3-4-15(13)19-2/h3-4,7,9,11,14,18H,5-6,8,10H2,1-2H3. The van der Waals surface area contributed by atoms with Gasteiger partial charge in [-0.25, -0.2) is 0 Å². The number of benzene rings is 1. The van der Waals surface area contributed by atoms with Crippen LogP contribution in [0.2, 0.25) is 0 Å². The van der Waals surface area contributed by atoms with Gasteiger partial charge in [-0.15, -0.1) is 0 Å². The smallest absolute Gasteiger partial charge is 0.150 e. The fourth-order valence-electron chi connectivity index (χ4n) is 2.79. The van der Waals surface area contributed by atoms with Gasteiger partial charge in [0.1, 0.15) is 12.0 Å². The summed E-state index contributed by atoms with van der Waals surface area (Å²) >= 11 is 0. The second-order valence-electron chi connectivity index (χ2n) is 5.18. The van der Waals surface area contributed by atoms with E-state index in [4.69, 9.17) is 4.74 Å². The quantitative estimate of drug-likeness (QED) is 0.822. The molecule has 0 spiro atoms. The van der Waals surface area contributed by atoms with Crippen molar-refractivity contribution in [1.29, 1.82) is 0 Å². The summed E-state index contributed by atoms with van der Waals surface area (Å²) in [7, 11) is 1.63. The second-order valence-corrected chi connectivity index (χ2v) is 5.18. The maximum absolute atomic E-state index is 10.9. The number of nitrogens with zero attached hydrogens (tertiary/aromatic N) is 1. The molecule has 0 aromatic heterocycles. The lowest BCUT2D eigenvalue weighted by Crippen LogP contribution is -2.34. The van der Waals surface area contributed by atoms with E-state index in [0.29, 0.717) is 18.0 Å². The highest BCUT2D eigenvalue weighted by atomic mass is 16.5. The van der Waals surface area contributed by atoms with Crippen molar-refractivity contribution in [3.8, 4) is 5.75 Å². The second kappa shape index (κ2) is 6.17. The lowest BCUT2D eigenvalue weighted by Gasteiger charge is -2.25. The van der Waals surface area contributed by atoms with Crippen LogP contribution in [0.4, 0.5) is 0 Å². The normalized spacial score (nSPS) is 23.5. The van der Waals surface area contributed by atoms with Crippen molar-refractivity contribution < 1.29 is 14.6 Å². The number of methoxy groups -OCH3 is 1. The van der Waals surface area contributed by atoms with Gasteiger partial charge in [0.15, 0.2) is 0 Å². The number of aldehydes is 1. The van der Waals surface area contributed by atoms with E-state index < -0.39 is 0 Å². The number of aliphatic hydroxyl groups is 1. The number of carbonyl (C=O) groups excluding carboxylic acids is 1. The minimum absolute atomic E-state index is 0.177. The maximum atomic E-state index is 10.9. The predicted molar refractivity (Wildman–Crippen MR) is 73.4 cm³/mol.